The number of allylic oxidation sites excluding steroid dienone is 2. The predicted molar refractivity (Wildman–Crippen MR) is 32.2 cm³/mol. The van der Waals surface area contributed by atoms with E-state index in [9.17, 15) is 5.73 Å². The number of hydrogen-bond acceptors (Lipinski definition) is 0. The van der Waals surface area contributed by atoms with Crippen LogP contribution in [0.1, 0.15) is 13.8 Å². The fraction of sp³-hybridized carbons (Fsp3) is 0.600. The van der Waals surface area contributed by atoms with Crippen molar-refractivity contribution in [2.24, 2.45) is 0 Å². The summed E-state index contributed by atoms with van der Waals surface area (Å²) in [4.78, 5) is 0. The summed E-state index contributed by atoms with van der Waals surface area (Å²) in [5, 5.41) is 0. The topological polar surface area (TPSA) is 0 Å². The second kappa shape index (κ2) is 4.29. The molecule has 0 saturated carbocycles. The van der Waals surface area contributed by atoms with Gasteiger partial charge in [0, 0.05) is 0 Å². The quantitative estimate of drug-likeness (QED) is 0.500. The summed E-state index contributed by atoms with van der Waals surface area (Å²) in [5.41, 5.74) is 0.999. The molecule has 0 spiro atoms. The SMILES string of the molecule is CC(C)=C[CH2][Sn+]([F])[F]. The Bertz CT molecular complexity index is 84.4. The van der Waals surface area contributed by atoms with Crippen LogP contribution in [0.15, 0.2) is 11.6 Å². The molecule has 0 unspecified atom stereocenters. The van der Waals surface area contributed by atoms with Crippen molar-refractivity contribution in [1.29, 1.82) is 0 Å². The average molecular weight is 226 g/mol. The normalized spacial score (nSPS) is 8.50. The Morgan fingerprint density at radius 1 is 1.50 bits per heavy atom. The van der Waals surface area contributed by atoms with Crippen LogP contribution in [0, 0.1) is 0 Å². The molecule has 0 atom stereocenters. The molecular formula is C5H9F2Sn+. The van der Waals surface area contributed by atoms with E-state index in [1.165, 1.54) is 0 Å². The van der Waals surface area contributed by atoms with E-state index in [0.717, 1.165) is 5.57 Å². The summed E-state index contributed by atoms with van der Waals surface area (Å²) in [6.45, 7) is 3.68. The molecule has 0 radical (unpaired) electrons. The monoisotopic (exact) mass is 227 g/mol. The van der Waals surface area contributed by atoms with Crippen molar-refractivity contribution < 1.29 is 5.73 Å². The number of halogens is 2. The summed E-state index contributed by atoms with van der Waals surface area (Å²) in [5.74, 6) is 0. The molecule has 3 heteroatoms. The molecule has 0 amide bonds. The Labute approximate surface area is 56.9 Å². The van der Waals surface area contributed by atoms with Crippen molar-refractivity contribution in [3.8, 4) is 0 Å². The van der Waals surface area contributed by atoms with Gasteiger partial charge in [0.1, 0.15) is 0 Å². The summed E-state index contributed by atoms with van der Waals surface area (Å²) >= 11 is -3.77. The van der Waals surface area contributed by atoms with Crippen molar-refractivity contribution in [3.05, 3.63) is 11.6 Å². The first-order valence-corrected chi connectivity index (χ1v) is 6.60. The second-order valence-corrected chi connectivity index (χ2v) is 4.92. The van der Waals surface area contributed by atoms with Crippen molar-refractivity contribution >= 4 is 20.9 Å². The van der Waals surface area contributed by atoms with E-state index in [-0.39, 0.29) is 4.44 Å². The minimum absolute atomic E-state index is 0.0879. The van der Waals surface area contributed by atoms with Crippen LogP contribution < -0.4 is 0 Å². The van der Waals surface area contributed by atoms with E-state index in [2.05, 4.69) is 0 Å². The van der Waals surface area contributed by atoms with Gasteiger partial charge in [-0.2, -0.15) is 0 Å². The summed E-state index contributed by atoms with van der Waals surface area (Å²) in [6, 6.07) is 0. The molecule has 46 valence electrons. The molecule has 0 nitrogen and oxygen atoms in total. The Balaban J connectivity index is 3.29. The Kier molecular flexibility index (Phi) is 4.51. The molecular weight excluding hydrogens is 217 g/mol. The summed E-state index contributed by atoms with van der Waals surface area (Å²) in [7, 11) is 0. The van der Waals surface area contributed by atoms with Gasteiger partial charge in [0.25, 0.3) is 0 Å². The van der Waals surface area contributed by atoms with E-state index in [4.69, 9.17) is 0 Å². The van der Waals surface area contributed by atoms with E-state index in [1.807, 2.05) is 13.8 Å². The maximum atomic E-state index is 11.5. The van der Waals surface area contributed by atoms with Crippen molar-refractivity contribution in [1.82, 2.24) is 0 Å². The van der Waals surface area contributed by atoms with Gasteiger partial charge in [-0.25, -0.2) is 0 Å². The van der Waals surface area contributed by atoms with Crippen LogP contribution >= 0.6 is 0 Å². The van der Waals surface area contributed by atoms with Crippen LogP contribution in [0.5, 0.6) is 0 Å². The third-order valence-corrected chi connectivity index (χ3v) is 2.13. The zero-order valence-electron chi connectivity index (χ0n) is 5.04. The second-order valence-electron chi connectivity index (χ2n) is 1.82. The first-order chi connectivity index (χ1) is 3.63. The molecule has 0 rings (SSSR count). The molecule has 0 aromatic carbocycles. The van der Waals surface area contributed by atoms with Gasteiger partial charge in [-0.05, 0) is 0 Å². The molecule has 0 aliphatic carbocycles. The zero-order chi connectivity index (χ0) is 6.57. The van der Waals surface area contributed by atoms with E-state index < -0.39 is 20.9 Å². The van der Waals surface area contributed by atoms with Gasteiger partial charge in [0.2, 0.25) is 0 Å². The predicted octanol–water partition coefficient (Wildman–Crippen LogP) is 2.38. The standard InChI is InChI=1S/C5H9.2FH.Sn/c1-4-5(2)3;;;/h4H,1H2,2-3H3;2*1H;/q;;;+3/p-2. The van der Waals surface area contributed by atoms with E-state index in [1.54, 1.807) is 6.08 Å². The summed E-state index contributed by atoms with van der Waals surface area (Å²) in [6.07, 6.45) is 1.62. The van der Waals surface area contributed by atoms with Gasteiger partial charge in [0.05, 0.1) is 0 Å². The molecule has 0 fully saturated rings. The van der Waals surface area contributed by atoms with Crippen LogP contribution in [0.3, 0.4) is 0 Å². The molecule has 0 aromatic heterocycles. The van der Waals surface area contributed by atoms with Gasteiger partial charge in [-0.3, -0.25) is 0 Å². The van der Waals surface area contributed by atoms with Crippen LogP contribution in [0.2, 0.25) is 4.44 Å². The average Bonchev–Trinajstić information content (AvgIpc) is 1.61. The Morgan fingerprint density at radius 2 is 2.00 bits per heavy atom. The molecule has 8 heavy (non-hydrogen) atoms. The van der Waals surface area contributed by atoms with Crippen molar-refractivity contribution in [2.45, 2.75) is 18.3 Å². The Morgan fingerprint density at radius 3 is 2.12 bits per heavy atom. The molecule has 0 aliphatic heterocycles. The summed E-state index contributed by atoms with van der Waals surface area (Å²) < 4.78 is 23.2. The molecule has 0 saturated heterocycles. The van der Waals surface area contributed by atoms with E-state index >= 15 is 0 Å². The van der Waals surface area contributed by atoms with Gasteiger partial charge >= 0.3 is 56.6 Å². The minimum atomic E-state index is -3.77. The molecule has 0 heterocycles. The van der Waals surface area contributed by atoms with Gasteiger partial charge in [-0.15, -0.1) is 0 Å². The third kappa shape index (κ3) is 6.40. The van der Waals surface area contributed by atoms with Gasteiger partial charge in [-0.1, -0.05) is 0 Å². The van der Waals surface area contributed by atoms with Crippen LogP contribution in [0.25, 0.3) is 0 Å². The van der Waals surface area contributed by atoms with Gasteiger partial charge < -0.3 is 0 Å². The van der Waals surface area contributed by atoms with Crippen molar-refractivity contribution in [2.75, 3.05) is 0 Å². The maximum absolute atomic E-state index is 11.5. The number of rotatable bonds is 2. The van der Waals surface area contributed by atoms with Crippen molar-refractivity contribution in [3.63, 3.8) is 0 Å². The fourth-order valence-corrected chi connectivity index (χ4v) is 1.89. The molecule has 0 aliphatic rings. The van der Waals surface area contributed by atoms with Gasteiger partial charge in [0.15, 0.2) is 0 Å². The molecule has 0 N–H and O–H groups in total. The van der Waals surface area contributed by atoms with Crippen LogP contribution in [-0.4, -0.2) is 20.9 Å². The molecule has 0 bridgehead atoms. The number of hydrogen-bond donors (Lipinski definition) is 0. The first-order valence-electron chi connectivity index (χ1n) is 2.43. The zero-order valence-corrected chi connectivity index (χ0v) is 7.89. The van der Waals surface area contributed by atoms with E-state index in [0.29, 0.717) is 0 Å². The Hall–Kier alpha value is 0.399. The fourth-order valence-electron chi connectivity index (χ4n) is 0.281. The first kappa shape index (κ1) is 8.40. The van der Waals surface area contributed by atoms with Crippen LogP contribution in [-0.2, 0) is 0 Å². The van der Waals surface area contributed by atoms with Crippen LogP contribution in [0.4, 0.5) is 5.73 Å². The third-order valence-electron chi connectivity index (χ3n) is 0.665. The molecule has 0 aromatic rings.